The lowest BCUT2D eigenvalue weighted by Gasteiger charge is -2.14. The number of amides is 1. The number of aryl methyl sites for hydroxylation is 2. The summed E-state index contributed by atoms with van der Waals surface area (Å²) in [6.45, 7) is 0.607. The van der Waals surface area contributed by atoms with Gasteiger partial charge in [-0.2, -0.15) is 0 Å². The number of nitrogens with one attached hydrogen (secondary N) is 2. The van der Waals surface area contributed by atoms with Crippen molar-refractivity contribution in [2.45, 2.75) is 25.8 Å². The van der Waals surface area contributed by atoms with Crippen LogP contribution in [0.3, 0.4) is 0 Å². The molecule has 3 rings (SSSR count). The van der Waals surface area contributed by atoms with Gasteiger partial charge in [-0.25, -0.2) is 9.55 Å². The number of carbonyl (C=O) groups is 1. The van der Waals surface area contributed by atoms with Crippen LogP contribution in [-0.2, 0) is 24.8 Å². The Morgan fingerprint density at radius 1 is 1.26 bits per heavy atom. The Hall–Kier alpha value is -2.56. The maximum Gasteiger partial charge on any atom is 0.273 e. The van der Waals surface area contributed by atoms with E-state index in [0.717, 1.165) is 24.2 Å². The van der Waals surface area contributed by atoms with Crippen LogP contribution in [-0.4, -0.2) is 27.8 Å². The summed E-state index contributed by atoms with van der Waals surface area (Å²) in [5.41, 5.74) is 2.44. The number of nitrogens with zero attached hydrogens (tertiary/aromatic N) is 2. The lowest BCUT2D eigenvalue weighted by Crippen LogP contribution is -2.36. The molecule has 3 aromatic rings. The number of rotatable bonds is 6. The van der Waals surface area contributed by atoms with Crippen LogP contribution in [0.15, 0.2) is 42.9 Å². The third-order valence-corrected chi connectivity index (χ3v) is 4.30. The number of imidazole rings is 1. The molecule has 0 fully saturated rings. The van der Waals surface area contributed by atoms with Crippen LogP contribution in [0.1, 0.15) is 24.2 Å². The fourth-order valence-corrected chi connectivity index (χ4v) is 2.87. The van der Waals surface area contributed by atoms with E-state index in [1.165, 1.54) is 10.9 Å². The summed E-state index contributed by atoms with van der Waals surface area (Å²) in [4.78, 5) is 20.5. The molecule has 0 spiro atoms. The van der Waals surface area contributed by atoms with Crippen LogP contribution in [0.5, 0.6) is 0 Å². The molecule has 0 saturated carbocycles. The fourth-order valence-electron chi connectivity index (χ4n) is 2.87. The zero-order valence-electron chi connectivity index (χ0n) is 13.7. The highest BCUT2D eigenvalue weighted by molar-refractivity contribution is 5.83. The van der Waals surface area contributed by atoms with E-state index in [2.05, 4.69) is 34.4 Å². The standard InChI is InChI=1S/C18H22N4O/c1-21-11-10-19-17(21)13-22(2)18(23)9-5-6-14-12-20-16-8-4-3-7-15(14)16/h3-4,7-8,10-12,20H,5-6,9,13H2,1-2H3/p+1. The molecule has 0 saturated heterocycles. The summed E-state index contributed by atoms with van der Waals surface area (Å²) in [5.74, 6) is 1.21. The van der Waals surface area contributed by atoms with E-state index < -0.39 is 0 Å². The van der Waals surface area contributed by atoms with Crippen molar-refractivity contribution in [3.8, 4) is 0 Å². The summed E-state index contributed by atoms with van der Waals surface area (Å²) in [6, 6.07) is 8.28. The summed E-state index contributed by atoms with van der Waals surface area (Å²) >= 11 is 0. The molecule has 120 valence electrons. The van der Waals surface area contributed by atoms with Crippen molar-refractivity contribution in [2.75, 3.05) is 7.05 Å². The summed E-state index contributed by atoms with van der Waals surface area (Å²) in [5, 5.41) is 1.26. The van der Waals surface area contributed by atoms with Gasteiger partial charge < -0.3 is 9.88 Å². The van der Waals surface area contributed by atoms with Crippen molar-refractivity contribution in [1.82, 2.24) is 14.9 Å². The number of benzene rings is 1. The molecule has 1 amide bonds. The molecule has 5 nitrogen and oxygen atoms in total. The molecule has 0 bridgehead atoms. The molecule has 2 heterocycles. The lowest BCUT2D eigenvalue weighted by molar-refractivity contribution is -0.678. The van der Waals surface area contributed by atoms with Crippen molar-refractivity contribution in [2.24, 2.45) is 7.05 Å². The molecule has 0 atom stereocenters. The average Bonchev–Trinajstić information content (AvgIpc) is 3.14. The Kier molecular flexibility index (Phi) is 4.46. The molecule has 0 unspecified atom stereocenters. The Morgan fingerprint density at radius 3 is 2.87 bits per heavy atom. The molecule has 0 aliphatic carbocycles. The van der Waals surface area contributed by atoms with E-state index in [1.54, 1.807) is 4.90 Å². The Labute approximate surface area is 135 Å². The van der Waals surface area contributed by atoms with E-state index >= 15 is 0 Å². The maximum absolute atomic E-state index is 12.3. The van der Waals surface area contributed by atoms with Crippen LogP contribution in [0.2, 0.25) is 0 Å². The maximum atomic E-state index is 12.3. The quantitative estimate of drug-likeness (QED) is 0.674. The van der Waals surface area contributed by atoms with E-state index in [-0.39, 0.29) is 5.91 Å². The minimum Gasteiger partial charge on any atom is -0.361 e. The predicted octanol–water partition coefficient (Wildman–Crippen LogP) is 2.30. The molecule has 0 aliphatic rings. The van der Waals surface area contributed by atoms with Gasteiger partial charge in [0.05, 0.1) is 7.05 Å². The van der Waals surface area contributed by atoms with Gasteiger partial charge >= 0.3 is 0 Å². The number of carbonyl (C=O) groups excluding carboxylic acids is 1. The molecule has 23 heavy (non-hydrogen) atoms. The van der Waals surface area contributed by atoms with Gasteiger partial charge in [-0.15, -0.1) is 0 Å². The first-order valence-electron chi connectivity index (χ1n) is 7.96. The van der Waals surface area contributed by atoms with Gasteiger partial charge in [-0.3, -0.25) is 4.79 Å². The van der Waals surface area contributed by atoms with Crippen LogP contribution in [0.4, 0.5) is 0 Å². The highest BCUT2D eigenvalue weighted by atomic mass is 16.2. The van der Waals surface area contributed by atoms with Crippen molar-refractivity contribution in [3.05, 3.63) is 54.2 Å². The van der Waals surface area contributed by atoms with Crippen LogP contribution in [0.25, 0.3) is 10.9 Å². The first-order valence-corrected chi connectivity index (χ1v) is 7.96. The molecule has 0 radical (unpaired) electrons. The Bertz CT molecular complexity index is 802. The number of fused-ring (bicyclic) bond motifs is 1. The van der Waals surface area contributed by atoms with Crippen molar-refractivity contribution in [3.63, 3.8) is 0 Å². The number of hydrogen-bond acceptors (Lipinski definition) is 1. The van der Waals surface area contributed by atoms with Crippen LogP contribution >= 0.6 is 0 Å². The van der Waals surface area contributed by atoms with Crippen molar-refractivity contribution in [1.29, 1.82) is 0 Å². The van der Waals surface area contributed by atoms with Gasteiger partial charge in [0.1, 0.15) is 18.9 Å². The SMILES string of the molecule is CN(Cc1[nH]cc[n+]1C)C(=O)CCCc1c[nH]c2ccccc12. The first kappa shape index (κ1) is 15.3. The Morgan fingerprint density at radius 2 is 2.09 bits per heavy atom. The zero-order valence-corrected chi connectivity index (χ0v) is 13.7. The molecule has 2 aromatic heterocycles. The molecule has 0 aliphatic heterocycles. The summed E-state index contributed by atoms with van der Waals surface area (Å²) in [7, 11) is 3.83. The monoisotopic (exact) mass is 311 g/mol. The predicted molar refractivity (Wildman–Crippen MR) is 89.7 cm³/mol. The molecule has 5 heteroatoms. The highest BCUT2D eigenvalue weighted by Crippen LogP contribution is 2.19. The highest BCUT2D eigenvalue weighted by Gasteiger charge is 2.15. The minimum absolute atomic E-state index is 0.180. The smallest absolute Gasteiger partial charge is 0.273 e. The topological polar surface area (TPSA) is 55.8 Å². The minimum atomic E-state index is 0.180. The van der Waals surface area contributed by atoms with Gasteiger partial charge in [0.15, 0.2) is 0 Å². The first-order chi connectivity index (χ1) is 11.1. The second kappa shape index (κ2) is 6.69. The Balaban J connectivity index is 1.52. The van der Waals surface area contributed by atoms with Crippen LogP contribution in [0, 0.1) is 0 Å². The zero-order chi connectivity index (χ0) is 16.2. The molecular weight excluding hydrogens is 288 g/mol. The number of aromatic amines is 2. The number of para-hydroxylation sites is 1. The van der Waals surface area contributed by atoms with Crippen molar-refractivity contribution >= 4 is 16.8 Å². The van der Waals surface area contributed by atoms with E-state index in [4.69, 9.17) is 0 Å². The van der Waals surface area contributed by atoms with Crippen LogP contribution < -0.4 is 4.57 Å². The number of H-pyrrole nitrogens is 2. The largest absolute Gasteiger partial charge is 0.361 e. The van der Waals surface area contributed by atoms with E-state index in [0.29, 0.717) is 13.0 Å². The average molecular weight is 311 g/mol. The number of aromatic nitrogens is 3. The van der Waals surface area contributed by atoms with Gasteiger partial charge in [0, 0.05) is 30.6 Å². The van der Waals surface area contributed by atoms with Gasteiger partial charge in [-0.05, 0) is 24.5 Å². The van der Waals surface area contributed by atoms with Crippen molar-refractivity contribution < 1.29 is 9.36 Å². The van der Waals surface area contributed by atoms with Gasteiger partial charge in [0.25, 0.3) is 5.82 Å². The summed E-state index contributed by atoms with van der Waals surface area (Å²) < 4.78 is 2.00. The molecule has 2 N–H and O–H groups in total. The summed E-state index contributed by atoms with van der Waals surface area (Å²) in [6.07, 6.45) is 8.23. The third kappa shape index (κ3) is 3.44. The van der Waals surface area contributed by atoms with E-state index in [1.807, 2.05) is 37.1 Å². The third-order valence-electron chi connectivity index (χ3n) is 4.30. The fraction of sp³-hybridized carbons (Fsp3) is 0.333. The van der Waals surface area contributed by atoms with Gasteiger partial charge in [0.2, 0.25) is 5.91 Å². The second-order valence-electron chi connectivity index (χ2n) is 5.98. The lowest BCUT2D eigenvalue weighted by atomic mass is 10.1. The molecule has 1 aromatic carbocycles. The second-order valence-corrected chi connectivity index (χ2v) is 5.98. The normalized spacial score (nSPS) is 11.0. The van der Waals surface area contributed by atoms with Gasteiger partial charge in [-0.1, -0.05) is 18.2 Å². The van der Waals surface area contributed by atoms with E-state index in [9.17, 15) is 4.79 Å². The molecular formula is C18H23N4O+. The number of hydrogen-bond donors (Lipinski definition) is 2.